The van der Waals surface area contributed by atoms with E-state index in [-0.39, 0.29) is 17.6 Å². The molecule has 0 aliphatic carbocycles. The summed E-state index contributed by atoms with van der Waals surface area (Å²) in [5.74, 6) is 1.29. The van der Waals surface area contributed by atoms with Gasteiger partial charge >= 0.3 is 0 Å². The van der Waals surface area contributed by atoms with Gasteiger partial charge in [0.05, 0.1) is 13.2 Å². The molecular formula is C17H15N3O5. The van der Waals surface area contributed by atoms with Crippen molar-refractivity contribution in [3.8, 4) is 11.7 Å². The van der Waals surface area contributed by atoms with Gasteiger partial charge in [-0.05, 0) is 18.2 Å². The highest BCUT2D eigenvalue weighted by atomic mass is 16.6. The molecule has 1 amide bonds. The molecule has 0 spiro atoms. The predicted molar refractivity (Wildman–Crippen MR) is 84.1 cm³/mol. The molecule has 3 aromatic rings. The van der Waals surface area contributed by atoms with Crippen molar-refractivity contribution in [2.45, 2.75) is 6.10 Å². The molecule has 8 nitrogen and oxygen atoms in total. The SMILES string of the molecule is O=C(c1ccc(Oc2ccccc2)o1)N1CCOC(c2ncon2)C1. The number of amides is 1. The fourth-order valence-corrected chi connectivity index (χ4v) is 2.56. The Hall–Kier alpha value is -3.13. The molecule has 1 unspecified atom stereocenters. The number of aromatic nitrogens is 2. The number of para-hydroxylation sites is 1. The van der Waals surface area contributed by atoms with Crippen molar-refractivity contribution in [3.05, 3.63) is 60.4 Å². The summed E-state index contributed by atoms with van der Waals surface area (Å²) >= 11 is 0. The molecule has 8 heteroatoms. The Morgan fingerprint density at radius 3 is 2.88 bits per heavy atom. The molecule has 1 aromatic carbocycles. The number of ether oxygens (including phenoxy) is 2. The van der Waals surface area contributed by atoms with E-state index < -0.39 is 6.10 Å². The molecule has 1 atom stereocenters. The molecule has 1 aliphatic rings. The summed E-state index contributed by atoms with van der Waals surface area (Å²) in [5, 5.41) is 3.76. The van der Waals surface area contributed by atoms with E-state index in [1.54, 1.807) is 17.0 Å². The van der Waals surface area contributed by atoms with Crippen molar-refractivity contribution in [2.75, 3.05) is 19.7 Å². The fraction of sp³-hybridized carbons (Fsp3) is 0.235. The number of furan rings is 1. The van der Waals surface area contributed by atoms with Crippen LogP contribution in [0.5, 0.6) is 11.7 Å². The van der Waals surface area contributed by atoms with Crippen LogP contribution in [0.15, 0.2) is 57.8 Å². The summed E-state index contributed by atoms with van der Waals surface area (Å²) in [6.07, 6.45) is 0.825. The van der Waals surface area contributed by atoms with E-state index in [2.05, 4.69) is 10.1 Å². The van der Waals surface area contributed by atoms with Crippen LogP contribution in [0.4, 0.5) is 0 Å². The molecule has 1 fully saturated rings. The van der Waals surface area contributed by atoms with Gasteiger partial charge in [0.15, 0.2) is 5.76 Å². The Balaban J connectivity index is 1.44. The zero-order valence-electron chi connectivity index (χ0n) is 13.2. The van der Waals surface area contributed by atoms with Crippen LogP contribution in [-0.4, -0.2) is 40.6 Å². The minimum Gasteiger partial charge on any atom is -0.426 e. The molecule has 1 aliphatic heterocycles. The van der Waals surface area contributed by atoms with E-state index in [4.69, 9.17) is 18.4 Å². The minimum absolute atomic E-state index is 0.208. The largest absolute Gasteiger partial charge is 0.426 e. The lowest BCUT2D eigenvalue weighted by Gasteiger charge is -2.30. The first-order valence-corrected chi connectivity index (χ1v) is 7.79. The highest BCUT2D eigenvalue weighted by Crippen LogP contribution is 2.26. The molecule has 0 radical (unpaired) electrons. The van der Waals surface area contributed by atoms with Gasteiger partial charge in [0.1, 0.15) is 11.9 Å². The maximum Gasteiger partial charge on any atom is 0.290 e. The lowest BCUT2D eigenvalue weighted by molar-refractivity contribution is -0.0286. The molecule has 4 rings (SSSR count). The molecule has 1 saturated heterocycles. The van der Waals surface area contributed by atoms with Crippen molar-refractivity contribution < 1.29 is 23.2 Å². The van der Waals surface area contributed by atoms with E-state index in [9.17, 15) is 4.79 Å². The number of rotatable bonds is 4. The lowest BCUT2D eigenvalue weighted by atomic mass is 10.2. The lowest BCUT2D eigenvalue weighted by Crippen LogP contribution is -2.42. The number of benzene rings is 1. The molecule has 128 valence electrons. The van der Waals surface area contributed by atoms with E-state index in [1.165, 1.54) is 6.39 Å². The van der Waals surface area contributed by atoms with Crippen LogP contribution >= 0.6 is 0 Å². The average molecular weight is 341 g/mol. The zero-order valence-corrected chi connectivity index (χ0v) is 13.2. The first kappa shape index (κ1) is 15.4. The maximum absolute atomic E-state index is 12.6. The standard InChI is InChI=1S/C17H15N3O5/c21-17(20-8-9-22-14(10-20)16-18-11-23-19-16)13-6-7-15(25-13)24-12-4-2-1-3-5-12/h1-7,11,14H,8-10H2. The Morgan fingerprint density at radius 2 is 2.08 bits per heavy atom. The second-order valence-corrected chi connectivity index (χ2v) is 5.43. The van der Waals surface area contributed by atoms with Gasteiger partial charge < -0.3 is 23.3 Å². The van der Waals surface area contributed by atoms with E-state index in [0.29, 0.717) is 31.3 Å². The van der Waals surface area contributed by atoms with Crippen LogP contribution < -0.4 is 4.74 Å². The highest BCUT2D eigenvalue weighted by Gasteiger charge is 2.30. The summed E-state index contributed by atoms with van der Waals surface area (Å²) in [4.78, 5) is 18.2. The molecule has 2 aromatic heterocycles. The zero-order chi connectivity index (χ0) is 17.1. The van der Waals surface area contributed by atoms with Crippen molar-refractivity contribution in [3.63, 3.8) is 0 Å². The number of nitrogens with zero attached hydrogens (tertiary/aromatic N) is 3. The van der Waals surface area contributed by atoms with Crippen LogP contribution in [0.25, 0.3) is 0 Å². The second kappa shape index (κ2) is 6.78. The number of carbonyl (C=O) groups excluding carboxylic acids is 1. The number of hydrogen-bond acceptors (Lipinski definition) is 7. The molecule has 0 N–H and O–H groups in total. The molecule has 25 heavy (non-hydrogen) atoms. The third kappa shape index (κ3) is 3.38. The summed E-state index contributed by atoms with van der Waals surface area (Å²) in [6.45, 7) is 1.18. The first-order valence-electron chi connectivity index (χ1n) is 7.79. The van der Waals surface area contributed by atoms with E-state index in [0.717, 1.165) is 0 Å². The maximum atomic E-state index is 12.6. The van der Waals surface area contributed by atoms with Gasteiger partial charge in [-0.25, -0.2) is 0 Å². The van der Waals surface area contributed by atoms with Crippen LogP contribution in [0, 0.1) is 0 Å². The summed E-state index contributed by atoms with van der Waals surface area (Å²) < 4.78 is 21.4. The predicted octanol–water partition coefficient (Wildman–Crippen LogP) is 2.67. The van der Waals surface area contributed by atoms with Gasteiger partial charge in [-0.2, -0.15) is 4.98 Å². The molecule has 0 saturated carbocycles. The normalized spacial score (nSPS) is 17.4. The van der Waals surface area contributed by atoms with Gasteiger partial charge in [-0.15, -0.1) is 0 Å². The quantitative estimate of drug-likeness (QED) is 0.720. The summed E-state index contributed by atoms with van der Waals surface area (Å²) in [7, 11) is 0. The minimum atomic E-state index is -0.411. The molecular weight excluding hydrogens is 326 g/mol. The van der Waals surface area contributed by atoms with Gasteiger partial charge in [-0.1, -0.05) is 23.4 Å². The van der Waals surface area contributed by atoms with E-state index >= 15 is 0 Å². The number of hydrogen-bond donors (Lipinski definition) is 0. The van der Waals surface area contributed by atoms with Crippen LogP contribution in [-0.2, 0) is 4.74 Å². The van der Waals surface area contributed by atoms with Crippen molar-refractivity contribution in [2.24, 2.45) is 0 Å². The van der Waals surface area contributed by atoms with E-state index in [1.807, 2.05) is 30.3 Å². The van der Waals surface area contributed by atoms with Crippen LogP contribution in [0.2, 0.25) is 0 Å². The second-order valence-electron chi connectivity index (χ2n) is 5.43. The van der Waals surface area contributed by atoms with Gasteiger partial charge in [0.2, 0.25) is 12.2 Å². The van der Waals surface area contributed by atoms with Gasteiger partial charge in [0.25, 0.3) is 11.9 Å². The highest BCUT2D eigenvalue weighted by molar-refractivity contribution is 5.91. The Kier molecular flexibility index (Phi) is 4.17. The first-order chi connectivity index (χ1) is 12.3. The molecule has 0 bridgehead atoms. The topological polar surface area (TPSA) is 90.8 Å². The smallest absolute Gasteiger partial charge is 0.290 e. The fourth-order valence-electron chi connectivity index (χ4n) is 2.56. The van der Waals surface area contributed by atoms with Crippen molar-refractivity contribution >= 4 is 5.91 Å². The van der Waals surface area contributed by atoms with Crippen LogP contribution in [0.1, 0.15) is 22.5 Å². The Labute approximate surface area is 142 Å². The van der Waals surface area contributed by atoms with Crippen molar-refractivity contribution in [1.82, 2.24) is 15.0 Å². The molecule has 3 heterocycles. The third-order valence-corrected chi connectivity index (χ3v) is 3.77. The Morgan fingerprint density at radius 1 is 1.20 bits per heavy atom. The summed E-state index contributed by atoms with van der Waals surface area (Å²) in [5.41, 5.74) is 0. The number of carbonyl (C=O) groups is 1. The number of morpholine rings is 1. The van der Waals surface area contributed by atoms with Gasteiger partial charge in [0, 0.05) is 12.6 Å². The van der Waals surface area contributed by atoms with Crippen LogP contribution in [0.3, 0.4) is 0 Å². The Bertz CT molecular complexity index is 831. The van der Waals surface area contributed by atoms with Gasteiger partial charge in [-0.3, -0.25) is 4.79 Å². The summed E-state index contributed by atoms with van der Waals surface area (Å²) in [6, 6.07) is 12.4. The monoisotopic (exact) mass is 341 g/mol. The average Bonchev–Trinajstić information content (AvgIpc) is 3.34. The van der Waals surface area contributed by atoms with Crippen molar-refractivity contribution in [1.29, 1.82) is 0 Å². The third-order valence-electron chi connectivity index (χ3n) is 3.77.